The van der Waals surface area contributed by atoms with E-state index in [9.17, 15) is 4.79 Å². The largest absolute Gasteiger partial charge is 0.496 e. The minimum atomic E-state index is 0.0447. The molecule has 1 amide bonds. The number of methoxy groups -OCH3 is 1. The van der Waals surface area contributed by atoms with Crippen molar-refractivity contribution in [1.82, 2.24) is 4.90 Å². The SMILES string of the molecule is COc1cc(C(=O)N2CCC(Oc3ccc(Cl)cc3)CC2)ccc1C. The highest BCUT2D eigenvalue weighted by Crippen LogP contribution is 2.24. The van der Waals surface area contributed by atoms with E-state index < -0.39 is 0 Å². The van der Waals surface area contributed by atoms with E-state index in [1.165, 1.54) is 0 Å². The molecule has 1 heterocycles. The topological polar surface area (TPSA) is 38.8 Å². The average molecular weight is 360 g/mol. The van der Waals surface area contributed by atoms with Crippen LogP contribution >= 0.6 is 11.6 Å². The van der Waals surface area contributed by atoms with E-state index in [2.05, 4.69) is 0 Å². The van der Waals surface area contributed by atoms with E-state index in [1.807, 2.05) is 54.3 Å². The van der Waals surface area contributed by atoms with Crippen LogP contribution in [0.5, 0.6) is 11.5 Å². The molecule has 1 saturated heterocycles. The molecule has 0 bridgehead atoms. The fourth-order valence-electron chi connectivity index (χ4n) is 3.02. The van der Waals surface area contributed by atoms with Gasteiger partial charge in [-0.2, -0.15) is 0 Å². The Hall–Kier alpha value is -2.20. The van der Waals surface area contributed by atoms with E-state index in [0.29, 0.717) is 23.7 Å². The highest BCUT2D eigenvalue weighted by Gasteiger charge is 2.25. The van der Waals surface area contributed by atoms with Gasteiger partial charge in [0.05, 0.1) is 7.11 Å². The summed E-state index contributed by atoms with van der Waals surface area (Å²) in [7, 11) is 1.62. The minimum absolute atomic E-state index is 0.0447. The second-order valence-corrected chi connectivity index (χ2v) is 6.68. The molecule has 0 atom stereocenters. The van der Waals surface area contributed by atoms with Crippen LogP contribution in [-0.4, -0.2) is 37.1 Å². The average Bonchev–Trinajstić information content (AvgIpc) is 2.64. The van der Waals surface area contributed by atoms with Crippen molar-refractivity contribution in [2.45, 2.75) is 25.9 Å². The van der Waals surface area contributed by atoms with Gasteiger partial charge in [-0.05, 0) is 48.9 Å². The van der Waals surface area contributed by atoms with E-state index in [4.69, 9.17) is 21.1 Å². The minimum Gasteiger partial charge on any atom is -0.496 e. The van der Waals surface area contributed by atoms with Crippen molar-refractivity contribution < 1.29 is 14.3 Å². The summed E-state index contributed by atoms with van der Waals surface area (Å²) in [6.07, 6.45) is 1.76. The van der Waals surface area contributed by atoms with Gasteiger partial charge in [0.15, 0.2) is 0 Å². The Kier molecular flexibility index (Phi) is 5.49. The highest BCUT2D eigenvalue weighted by atomic mass is 35.5. The van der Waals surface area contributed by atoms with Crippen molar-refractivity contribution in [3.63, 3.8) is 0 Å². The Bertz CT molecular complexity index is 737. The van der Waals surface area contributed by atoms with E-state index in [-0.39, 0.29) is 12.0 Å². The maximum absolute atomic E-state index is 12.7. The summed E-state index contributed by atoms with van der Waals surface area (Å²) in [5.74, 6) is 1.60. The third-order valence-electron chi connectivity index (χ3n) is 4.50. The zero-order chi connectivity index (χ0) is 17.8. The van der Waals surface area contributed by atoms with Gasteiger partial charge in [-0.3, -0.25) is 4.79 Å². The molecule has 4 nitrogen and oxygen atoms in total. The van der Waals surface area contributed by atoms with Crippen molar-refractivity contribution in [3.05, 3.63) is 58.6 Å². The fourth-order valence-corrected chi connectivity index (χ4v) is 3.14. The van der Waals surface area contributed by atoms with Crippen LogP contribution < -0.4 is 9.47 Å². The molecule has 0 saturated carbocycles. The number of likely N-dealkylation sites (tertiary alicyclic amines) is 1. The smallest absolute Gasteiger partial charge is 0.253 e. The van der Waals surface area contributed by atoms with Crippen molar-refractivity contribution in [2.24, 2.45) is 0 Å². The monoisotopic (exact) mass is 359 g/mol. The fraction of sp³-hybridized carbons (Fsp3) is 0.350. The first-order valence-electron chi connectivity index (χ1n) is 8.43. The van der Waals surface area contributed by atoms with Gasteiger partial charge in [0, 0.05) is 36.5 Å². The Morgan fingerprint density at radius 1 is 1.12 bits per heavy atom. The summed E-state index contributed by atoms with van der Waals surface area (Å²) >= 11 is 5.89. The van der Waals surface area contributed by atoms with Crippen LogP contribution in [0.2, 0.25) is 5.02 Å². The lowest BCUT2D eigenvalue weighted by atomic mass is 10.1. The van der Waals surface area contributed by atoms with Gasteiger partial charge in [0.2, 0.25) is 0 Å². The Labute approximate surface area is 153 Å². The molecule has 1 fully saturated rings. The molecule has 1 aliphatic rings. The summed E-state index contributed by atoms with van der Waals surface area (Å²) in [5, 5.41) is 0.696. The zero-order valence-corrected chi connectivity index (χ0v) is 15.3. The van der Waals surface area contributed by atoms with Gasteiger partial charge in [-0.25, -0.2) is 0 Å². The van der Waals surface area contributed by atoms with Crippen LogP contribution in [0, 0.1) is 6.92 Å². The number of carbonyl (C=O) groups excluding carboxylic acids is 1. The number of aryl methyl sites for hydroxylation is 1. The van der Waals surface area contributed by atoms with Crippen LogP contribution in [0.1, 0.15) is 28.8 Å². The van der Waals surface area contributed by atoms with E-state index in [1.54, 1.807) is 7.11 Å². The molecule has 5 heteroatoms. The molecule has 0 aliphatic carbocycles. The van der Waals surface area contributed by atoms with E-state index >= 15 is 0 Å². The third-order valence-corrected chi connectivity index (χ3v) is 4.75. The molecule has 2 aromatic carbocycles. The lowest BCUT2D eigenvalue weighted by molar-refractivity contribution is 0.0595. The molecule has 0 radical (unpaired) electrons. The summed E-state index contributed by atoms with van der Waals surface area (Å²) in [6.45, 7) is 3.34. The highest BCUT2D eigenvalue weighted by molar-refractivity contribution is 6.30. The summed E-state index contributed by atoms with van der Waals surface area (Å²) in [4.78, 5) is 14.6. The van der Waals surface area contributed by atoms with Gasteiger partial charge in [0.25, 0.3) is 5.91 Å². The van der Waals surface area contributed by atoms with Crippen molar-refractivity contribution in [3.8, 4) is 11.5 Å². The molecule has 1 aliphatic heterocycles. The lowest BCUT2D eigenvalue weighted by Gasteiger charge is -2.32. The number of ether oxygens (including phenoxy) is 2. The normalized spacial score (nSPS) is 15.1. The molecular weight excluding hydrogens is 338 g/mol. The molecule has 0 aromatic heterocycles. The maximum Gasteiger partial charge on any atom is 0.253 e. The number of piperidine rings is 1. The number of hydrogen-bond donors (Lipinski definition) is 0. The number of benzene rings is 2. The standard InChI is InChI=1S/C20H22ClNO3/c1-14-3-4-15(13-19(14)24-2)20(23)22-11-9-18(10-12-22)25-17-7-5-16(21)6-8-17/h3-8,13,18H,9-12H2,1-2H3. The zero-order valence-electron chi connectivity index (χ0n) is 14.5. The number of hydrogen-bond acceptors (Lipinski definition) is 3. The quantitative estimate of drug-likeness (QED) is 0.815. The number of carbonyl (C=O) groups is 1. The Morgan fingerprint density at radius 2 is 1.80 bits per heavy atom. The third kappa shape index (κ3) is 4.26. The maximum atomic E-state index is 12.7. The molecule has 2 aromatic rings. The van der Waals surface area contributed by atoms with Crippen molar-refractivity contribution in [1.29, 1.82) is 0 Å². The second-order valence-electron chi connectivity index (χ2n) is 6.25. The van der Waals surface area contributed by atoms with Crippen LogP contribution in [-0.2, 0) is 0 Å². The van der Waals surface area contributed by atoms with Crippen LogP contribution in [0.3, 0.4) is 0 Å². The molecule has 25 heavy (non-hydrogen) atoms. The van der Waals surface area contributed by atoms with Gasteiger partial charge in [-0.15, -0.1) is 0 Å². The Morgan fingerprint density at radius 3 is 2.44 bits per heavy atom. The van der Waals surface area contributed by atoms with Gasteiger partial charge >= 0.3 is 0 Å². The second kappa shape index (κ2) is 7.79. The molecule has 3 rings (SSSR count). The first-order valence-corrected chi connectivity index (χ1v) is 8.81. The van der Waals surface area contributed by atoms with Crippen LogP contribution in [0.25, 0.3) is 0 Å². The number of amides is 1. The number of nitrogens with zero attached hydrogens (tertiary/aromatic N) is 1. The van der Waals surface area contributed by atoms with Crippen molar-refractivity contribution in [2.75, 3.05) is 20.2 Å². The number of rotatable bonds is 4. The lowest BCUT2D eigenvalue weighted by Crippen LogP contribution is -2.41. The molecule has 0 unspecified atom stereocenters. The van der Waals surface area contributed by atoms with E-state index in [0.717, 1.165) is 29.9 Å². The Balaban J connectivity index is 1.58. The van der Waals surface area contributed by atoms with Gasteiger partial charge in [0.1, 0.15) is 17.6 Å². The predicted octanol–water partition coefficient (Wildman–Crippen LogP) is 4.34. The van der Waals surface area contributed by atoms with Crippen molar-refractivity contribution >= 4 is 17.5 Å². The molecule has 0 spiro atoms. The summed E-state index contributed by atoms with van der Waals surface area (Å²) < 4.78 is 11.3. The molecule has 0 N–H and O–H groups in total. The molecule has 132 valence electrons. The van der Waals surface area contributed by atoms with Gasteiger partial charge in [-0.1, -0.05) is 17.7 Å². The predicted molar refractivity (Wildman–Crippen MR) is 98.7 cm³/mol. The first kappa shape index (κ1) is 17.6. The number of halogens is 1. The van der Waals surface area contributed by atoms with Gasteiger partial charge < -0.3 is 14.4 Å². The molecular formula is C20H22ClNO3. The summed E-state index contributed by atoms with van der Waals surface area (Å²) in [5.41, 5.74) is 1.69. The summed E-state index contributed by atoms with van der Waals surface area (Å²) in [6, 6.07) is 13.0. The van der Waals surface area contributed by atoms with Crippen LogP contribution in [0.4, 0.5) is 0 Å². The van der Waals surface area contributed by atoms with Crippen LogP contribution in [0.15, 0.2) is 42.5 Å². The first-order chi connectivity index (χ1) is 12.1.